The molecule has 1 fully saturated rings. The van der Waals surface area contributed by atoms with Crippen molar-refractivity contribution in [3.05, 3.63) is 29.8 Å². The summed E-state index contributed by atoms with van der Waals surface area (Å²) in [5.74, 6) is 0.914. The number of carbonyl (C=O) groups is 1. The molecule has 0 bridgehead atoms. The number of carbonyl (C=O) groups excluding carboxylic acids is 1. The van der Waals surface area contributed by atoms with Crippen LogP contribution in [-0.4, -0.2) is 32.2 Å². The van der Waals surface area contributed by atoms with Gasteiger partial charge in [-0.1, -0.05) is 18.2 Å². The smallest absolute Gasteiger partial charge is 0.236 e. The molecular formula is C15H20N2O2. The number of hydrogen-bond acceptors (Lipinski definition) is 3. The number of para-hydroxylation sites is 1. The highest BCUT2D eigenvalue weighted by atomic mass is 16.5. The topological polar surface area (TPSA) is 55.6 Å². The third-order valence-electron chi connectivity index (χ3n) is 4.27. The Morgan fingerprint density at radius 1 is 1.37 bits per heavy atom. The van der Waals surface area contributed by atoms with Crippen LogP contribution >= 0.6 is 0 Å². The minimum absolute atomic E-state index is 0.266. The molecule has 1 amide bonds. The summed E-state index contributed by atoms with van der Waals surface area (Å²) in [4.78, 5) is 13.3. The molecule has 4 nitrogen and oxygen atoms in total. The van der Waals surface area contributed by atoms with Crippen molar-refractivity contribution in [2.24, 2.45) is 11.7 Å². The molecule has 0 saturated carbocycles. The fourth-order valence-corrected chi connectivity index (χ4v) is 3.37. The van der Waals surface area contributed by atoms with Gasteiger partial charge in [0.15, 0.2) is 0 Å². The average molecular weight is 260 g/mol. The molecule has 2 heterocycles. The lowest BCUT2D eigenvalue weighted by Crippen LogP contribution is -2.39. The first-order valence-corrected chi connectivity index (χ1v) is 6.95. The molecule has 4 heteroatoms. The molecule has 0 radical (unpaired) electrons. The fourth-order valence-electron chi connectivity index (χ4n) is 3.37. The van der Waals surface area contributed by atoms with Crippen molar-refractivity contribution in [3.8, 4) is 0 Å². The van der Waals surface area contributed by atoms with Gasteiger partial charge in [-0.2, -0.15) is 0 Å². The predicted molar refractivity (Wildman–Crippen MR) is 74.1 cm³/mol. The van der Waals surface area contributed by atoms with E-state index in [2.05, 4.69) is 23.1 Å². The summed E-state index contributed by atoms with van der Waals surface area (Å²) in [6, 6.07) is 8.39. The molecule has 2 aliphatic rings. The van der Waals surface area contributed by atoms with E-state index < -0.39 is 0 Å². The molecule has 1 aromatic carbocycles. The number of fused-ring (bicyclic) bond motifs is 1. The molecule has 2 N–H and O–H groups in total. The van der Waals surface area contributed by atoms with E-state index in [1.165, 1.54) is 11.3 Å². The molecule has 0 aliphatic carbocycles. The highest BCUT2D eigenvalue weighted by Gasteiger charge is 2.33. The molecule has 102 valence electrons. The molecule has 0 spiro atoms. The second kappa shape index (κ2) is 5.21. The van der Waals surface area contributed by atoms with E-state index in [1.54, 1.807) is 0 Å². The zero-order valence-corrected chi connectivity index (χ0v) is 11.0. The van der Waals surface area contributed by atoms with Crippen LogP contribution in [0.4, 0.5) is 5.69 Å². The number of anilines is 1. The largest absolute Gasteiger partial charge is 0.381 e. The molecule has 0 unspecified atom stereocenters. The van der Waals surface area contributed by atoms with Gasteiger partial charge >= 0.3 is 0 Å². The minimum Gasteiger partial charge on any atom is -0.381 e. The monoisotopic (exact) mass is 260 g/mol. The van der Waals surface area contributed by atoms with Crippen LogP contribution in [0.3, 0.4) is 0 Å². The van der Waals surface area contributed by atoms with Crippen molar-refractivity contribution < 1.29 is 9.53 Å². The molecule has 2 atom stereocenters. The number of primary amides is 1. The highest BCUT2D eigenvalue weighted by Crippen LogP contribution is 2.41. The Bertz CT molecular complexity index is 469. The number of ether oxygens (including phenoxy) is 1. The number of nitrogens with two attached hydrogens (primary N) is 1. The van der Waals surface area contributed by atoms with E-state index in [9.17, 15) is 4.79 Å². The third-order valence-corrected chi connectivity index (χ3v) is 4.27. The highest BCUT2D eigenvalue weighted by molar-refractivity contribution is 5.80. The van der Waals surface area contributed by atoms with Gasteiger partial charge in [0, 0.05) is 18.8 Å². The van der Waals surface area contributed by atoms with Crippen molar-refractivity contribution in [2.45, 2.75) is 18.8 Å². The Kier molecular flexibility index (Phi) is 3.42. The Hall–Kier alpha value is -1.55. The number of amides is 1. The van der Waals surface area contributed by atoms with Crippen LogP contribution in [0, 0.1) is 5.92 Å². The number of rotatable bonds is 3. The first-order valence-electron chi connectivity index (χ1n) is 6.95. The lowest BCUT2D eigenvalue weighted by molar-refractivity contribution is -0.116. The maximum atomic E-state index is 11.2. The summed E-state index contributed by atoms with van der Waals surface area (Å²) in [6.07, 6.45) is 2.23. The van der Waals surface area contributed by atoms with Crippen LogP contribution < -0.4 is 10.6 Å². The van der Waals surface area contributed by atoms with Gasteiger partial charge in [-0.15, -0.1) is 0 Å². The second-order valence-corrected chi connectivity index (χ2v) is 5.47. The minimum atomic E-state index is -0.266. The van der Waals surface area contributed by atoms with E-state index >= 15 is 0 Å². The predicted octanol–water partition coefficient (Wildman–Crippen LogP) is 1.50. The fraction of sp³-hybridized carbons (Fsp3) is 0.533. The normalized spacial score (nSPS) is 26.2. The second-order valence-electron chi connectivity index (χ2n) is 5.47. The zero-order valence-electron chi connectivity index (χ0n) is 11.0. The van der Waals surface area contributed by atoms with Gasteiger partial charge in [0.1, 0.15) is 0 Å². The average Bonchev–Trinajstić information content (AvgIpc) is 2.92. The molecule has 1 saturated heterocycles. The molecule has 3 rings (SSSR count). The van der Waals surface area contributed by atoms with Crippen LogP contribution in [0.5, 0.6) is 0 Å². The van der Waals surface area contributed by atoms with E-state index in [1.807, 2.05) is 6.07 Å². The number of nitrogens with zero attached hydrogens (tertiary/aromatic N) is 1. The van der Waals surface area contributed by atoms with Crippen molar-refractivity contribution in [1.29, 1.82) is 0 Å². The number of hydrogen-bond donors (Lipinski definition) is 1. The molecule has 1 aromatic rings. The maximum Gasteiger partial charge on any atom is 0.236 e. The zero-order chi connectivity index (χ0) is 13.2. The van der Waals surface area contributed by atoms with Gasteiger partial charge in [0.25, 0.3) is 0 Å². The summed E-state index contributed by atoms with van der Waals surface area (Å²) < 4.78 is 5.53. The first kappa shape index (κ1) is 12.5. The summed E-state index contributed by atoms with van der Waals surface area (Å²) >= 11 is 0. The van der Waals surface area contributed by atoms with Crippen LogP contribution in [0.15, 0.2) is 24.3 Å². The Balaban J connectivity index is 1.88. The van der Waals surface area contributed by atoms with Crippen molar-refractivity contribution >= 4 is 11.6 Å². The lowest BCUT2D eigenvalue weighted by Gasteiger charge is -2.37. The van der Waals surface area contributed by atoms with Gasteiger partial charge in [-0.25, -0.2) is 0 Å². The van der Waals surface area contributed by atoms with Crippen molar-refractivity contribution in [3.63, 3.8) is 0 Å². The Labute approximate surface area is 113 Å². The van der Waals surface area contributed by atoms with Gasteiger partial charge in [-0.05, 0) is 36.3 Å². The van der Waals surface area contributed by atoms with E-state index in [0.717, 1.165) is 32.6 Å². The van der Waals surface area contributed by atoms with Crippen LogP contribution in [-0.2, 0) is 9.53 Å². The van der Waals surface area contributed by atoms with E-state index in [4.69, 9.17) is 10.5 Å². The van der Waals surface area contributed by atoms with Gasteiger partial charge < -0.3 is 15.4 Å². The SMILES string of the molecule is NC(=O)CN1CC[C@H]([C@@H]2CCOC2)c2ccccc21. The van der Waals surface area contributed by atoms with Crippen LogP contribution in [0.25, 0.3) is 0 Å². The Morgan fingerprint density at radius 3 is 2.95 bits per heavy atom. The van der Waals surface area contributed by atoms with Gasteiger partial charge in [0.05, 0.1) is 13.2 Å². The standard InChI is InChI=1S/C15H20N2O2/c16-15(18)9-17-7-5-12(11-6-8-19-10-11)13-3-1-2-4-14(13)17/h1-4,11-12H,5-10H2,(H2,16,18)/t11-,12-/m1/s1. The maximum absolute atomic E-state index is 11.2. The molecule has 19 heavy (non-hydrogen) atoms. The first-order chi connectivity index (χ1) is 9.25. The molecule has 0 aromatic heterocycles. The molecular weight excluding hydrogens is 240 g/mol. The molecule has 2 aliphatic heterocycles. The quantitative estimate of drug-likeness (QED) is 0.896. The number of benzene rings is 1. The van der Waals surface area contributed by atoms with Crippen molar-refractivity contribution in [2.75, 3.05) is 31.2 Å². The summed E-state index contributed by atoms with van der Waals surface area (Å²) in [5.41, 5.74) is 7.86. The van der Waals surface area contributed by atoms with E-state index in [0.29, 0.717) is 18.4 Å². The summed E-state index contributed by atoms with van der Waals surface area (Å²) in [5, 5.41) is 0. The van der Waals surface area contributed by atoms with Gasteiger partial charge in [0.2, 0.25) is 5.91 Å². The van der Waals surface area contributed by atoms with Crippen LogP contribution in [0.1, 0.15) is 24.3 Å². The third kappa shape index (κ3) is 2.45. The Morgan fingerprint density at radius 2 is 2.21 bits per heavy atom. The summed E-state index contributed by atoms with van der Waals surface area (Å²) in [7, 11) is 0. The van der Waals surface area contributed by atoms with Crippen LogP contribution in [0.2, 0.25) is 0 Å². The van der Waals surface area contributed by atoms with Gasteiger partial charge in [-0.3, -0.25) is 4.79 Å². The van der Waals surface area contributed by atoms with Crippen molar-refractivity contribution in [1.82, 2.24) is 0 Å². The summed E-state index contributed by atoms with van der Waals surface area (Å²) in [6.45, 7) is 2.97. The van der Waals surface area contributed by atoms with E-state index in [-0.39, 0.29) is 5.91 Å². The lowest BCUT2D eigenvalue weighted by atomic mass is 9.80.